The molecule has 0 aliphatic heterocycles. The van der Waals surface area contributed by atoms with E-state index in [0.29, 0.717) is 0 Å². The monoisotopic (exact) mass is 726 g/mol. The van der Waals surface area contributed by atoms with Crippen LogP contribution in [0, 0.1) is 0 Å². The molecule has 3 nitrogen and oxygen atoms in total. The first kappa shape index (κ1) is 31.7. The van der Waals surface area contributed by atoms with Gasteiger partial charge in [0.05, 0.1) is 22.1 Å². The van der Waals surface area contributed by atoms with Crippen LogP contribution < -0.4 is 4.90 Å². The molecule has 3 heteroatoms. The average molecular weight is 727 g/mol. The molecule has 0 N–H and O–H groups in total. The van der Waals surface area contributed by atoms with Crippen molar-refractivity contribution in [3.05, 3.63) is 206 Å². The van der Waals surface area contributed by atoms with E-state index in [-0.39, 0.29) is 0 Å². The van der Waals surface area contributed by atoms with Gasteiger partial charge in [0.1, 0.15) is 11.2 Å². The van der Waals surface area contributed by atoms with Gasteiger partial charge in [0.25, 0.3) is 0 Å². The number of para-hydroxylation sites is 2. The van der Waals surface area contributed by atoms with Gasteiger partial charge >= 0.3 is 0 Å². The third kappa shape index (κ3) is 4.92. The first-order valence-electron chi connectivity index (χ1n) is 19.5. The summed E-state index contributed by atoms with van der Waals surface area (Å²) in [6.45, 7) is 0. The number of fused-ring (bicyclic) bond motifs is 11. The fourth-order valence-electron chi connectivity index (χ4n) is 9.10. The zero-order valence-corrected chi connectivity index (χ0v) is 30.9. The SMILES string of the molecule is c1ccc2c(c1)ccc1cc(-c3ccc(N(c4ccc(-n5c6ccccc6c6ccccc65)cc4)c4cccc5oc6c7ccccc7ccc6c45)cc3)ccc12. The number of nitrogens with zero attached hydrogens (tertiary/aromatic N) is 2. The molecule has 0 saturated heterocycles. The van der Waals surface area contributed by atoms with Gasteiger partial charge < -0.3 is 13.9 Å². The van der Waals surface area contributed by atoms with Crippen LogP contribution in [0.4, 0.5) is 17.1 Å². The average Bonchev–Trinajstić information content (AvgIpc) is 3.84. The third-order valence-electron chi connectivity index (χ3n) is 11.8. The number of aromatic nitrogens is 1. The Morgan fingerprint density at radius 3 is 1.65 bits per heavy atom. The van der Waals surface area contributed by atoms with Crippen LogP contribution in [0.1, 0.15) is 0 Å². The molecule has 10 aromatic carbocycles. The lowest BCUT2D eigenvalue weighted by Crippen LogP contribution is -2.10. The Labute approximate surface area is 328 Å². The minimum Gasteiger partial charge on any atom is -0.455 e. The van der Waals surface area contributed by atoms with E-state index in [1.165, 1.54) is 59.9 Å². The van der Waals surface area contributed by atoms with Crippen LogP contribution in [0.2, 0.25) is 0 Å². The molecule has 0 saturated carbocycles. The summed E-state index contributed by atoms with van der Waals surface area (Å²) in [6.07, 6.45) is 0. The lowest BCUT2D eigenvalue weighted by Gasteiger charge is -2.27. The molecule has 57 heavy (non-hydrogen) atoms. The van der Waals surface area contributed by atoms with Gasteiger partial charge in [-0.3, -0.25) is 0 Å². The van der Waals surface area contributed by atoms with Gasteiger partial charge in [-0.25, -0.2) is 0 Å². The summed E-state index contributed by atoms with van der Waals surface area (Å²) in [5.74, 6) is 0. The molecule has 266 valence electrons. The van der Waals surface area contributed by atoms with Gasteiger partial charge in [0.2, 0.25) is 0 Å². The summed E-state index contributed by atoms with van der Waals surface area (Å²) in [7, 11) is 0. The number of rotatable bonds is 5. The van der Waals surface area contributed by atoms with Gasteiger partial charge in [-0.15, -0.1) is 0 Å². The van der Waals surface area contributed by atoms with Gasteiger partial charge in [0.15, 0.2) is 0 Å². The fraction of sp³-hybridized carbons (Fsp3) is 0. The molecule has 0 aliphatic rings. The van der Waals surface area contributed by atoms with Crippen molar-refractivity contribution in [2.45, 2.75) is 0 Å². The third-order valence-corrected chi connectivity index (χ3v) is 11.8. The van der Waals surface area contributed by atoms with E-state index in [1.807, 2.05) is 0 Å². The predicted octanol–water partition coefficient (Wildman–Crippen LogP) is 15.3. The van der Waals surface area contributed by atoms with Crippen molar-refractivity contribution in [1.82, 2.24) is 4.57 Å². The van der Waals surface area contributed by atoms with Crippen LogP contribution in [-0.4, -0.2) is 4.57 Å². The van der Waals surface area contributed by atoms with E-state index in [0.717, 1.165) is 50.1 Å². The molecule has 0 aliphatic carbocycles. The van der Waals surface area contributed by atoms with Gasteiger partial charge in [-0.1, -0.05) is 133 Å². The second kappa shape index (κ2) is 12.5. The summed E-state index contributed by atoms with van der Waals surface area (Å²) >= 11 is 0. The van der Waals surface area contributed by atoms with Crippen LogP contribution >= 0.6 is 0 Å². The van der Waals surface area contributed by atoms with Crippen molar-refractivity contribution in [2.75, 3.05) is 4.90 Å². The Hall–Kier alpha value is -7.62. The molecule has 0 atom stereocenters. The first-order chi connectivity index (χ1) is 28.3. The molecule has 0 unspecified atom stereocenters. The number of anilines is 3. The van der Waals surface area contributed by atoms with E-state index in [2.05, 4.69) is 216 Å². The molecule has 2 aromatic heterocycles. The van der Waals surface area contributed by atoms with Crippen LogP contribution in [0.25, 0.3) is 92.9 Å². The minimum absolute atomic E-state index is 0.867. The summed E-state index contributed by atoms with van der Waals surface area (Å²) in [5.41, 5.74) is 10.9. The second-order valence-corrected chi connectivity index (χ2v) is 14.9. The van der Waals surface area contributed by atoms with Gasteiger partial charge in [0, 0.05) is 38.6 Å². The van der Waals surface area contributed by atoms with Crippen molar-refractivity contribution < 1.29 is 4.42 Å². The summed E-state index contributed by atoms with van der Waals surface area (Å²) in [6, 6.07) is 74.5. The Morgan fingerprint density at radius 2 is 0.912 bits per heavy atom. The van der Waals surface area contributed by atoms with Crippen molar-refractivity contribution in [3.63, 3.8) is 0 Å². The van der Waals surface area contributed by atoms with E-state index in [4.69, 9.17) is 4.42 Å². The molecule has 0 radical (unpaired) electrons. The van der Waals surface area contributed by atoms with E-state index < -0.39 is 0 Å². The quantitative estimate of drug-likeness (QED) is 0.165. The minimum atomic E-state index is 0.867. The molecular formula is C54H34N2O. The number of benzene rings is 10. The van der Waals surface area contributed by atoms with Gasteiger partial charge in [-0.05, 0) is 111 Å². The van der Waals surface area contributed by atoms with E-state index in [9.17, 15) is 0 Å². The highest BCUT2D eigenvalue weighted by atomic mass is 16.3. The topological polar surface area (TPSA) is 21.3 Å². The second-order valence-electron chi connectivity index (χ2n) is 14.9. The van der Waals surface area contributed by atoms with E-state index >= 15 is 0 Å². The Balaban J connectivity index is 1.02. The Kier molecular flexibility index (Phi) is 6.93. The van der Waals surface area contributed by atoms with Crippen molar-refractivity contribution >= 4 is 93.1 Å². The lowest BCUT2D eigenvalue weighted by molar-refractivity contribution is 0.672. The van der Waals surface area contributed by atoms with Crippen molar-refractivity contribution in [2.24, 2.45) is 0 Å². The zero-order chi connectivity index (χ0) is 37.5. The molecule has 12 aromatic rings. The normalized spacial score (nSPS) is 11.9. The first-order valence-corrected chi connectivity index (χ1v) is 19.5. The zero-order valence-electron chi connectivity index (χ0n) is 30.9. The highest BCUT2D eigenvalue weighted by Crippen LogP contribution is 2.45. The van der Waals surface area contributed by atoms with Crippen LogP contribution in [0.5, 0.6) is 0 Å². The van der Waals surface area contributed by atoms with E-state index in [1.54, 1.807) is 0 Å². The summed E-state index contributed by atoms with van der Waals surface area (Å²) < 4.78 is 9.06. The molecule has 12 rings (SSSR count). The van der Waals surface area contributed by atoms with Crippen LogP contribution in [0.15, 0.2) is 211 Å². The lowest BCUT2D eigenvalue weighted by atomic mass is 9.97. The molecular weight excluding hydrogens is 693 g/mol. The maximum atomic E-state index is 6.69. The highest BCUT2D eigenvalue weighted by molar-refractivity contribution is 6.19. The number of hydrogen-bond acceptors (Lipinski definition) is 2. The van der Waals surface area contributed by atoms with Crippen molar-refractivity contribution in [1.29, 1.82) is 0 Å². The molecule has 0 fully saturated rings. The standard InChI is InChI=1S/C54H34N2O/c1-3-12-43-36(10-1)20-21-39-34-38(25-32-44(39)43)35-22-26-40(27-23-35)55(51-18-9-19-52-53(51)48-33-24-37-11-2-4-13-45(37)54(48)57-52)41-28-30-42(31-29-41)56-49-16-7-5-14-46(49)47-15-6-8-17-50(47)56/h1-34H. The van der Waals surface area contributed by atoms with Crippen LogP contribution in [-0.2, 0) is 0 Å². The summed E-state index contributed by atoms with van der Waals surface area (Å²) in [5, 5.41) is 12.1. The fourth-order valence-corrected chi connectivity index (χ4v) is 9.10. The number of furan rings is 1. The Bertz CT molecular complexity index is 3460. The maximum Gasteiger partial charge on any atom is 0.143 e. The molecule has 2 heterocycles. The number of hydrogen-bond donors (Lipinski definition) is 0. The van der Waals surface area contributed by atoms with Gasteiger partial charge in [-0.2, -0.15) is 0 Å². The highest BCUT2D eigenvalue weighted by Gasteiger charge is 2.21. The smallest absolute Gasteiger partial charge is 0.143 e. The van der Waals surface area contributed by atoms with Crippen LogP contribution in [0.3, 0.4) is 0 Å². The van der Waals surface area contributed by atoms with Crippen molar-refractivity contribution in [3.8, 4) is 16.8 Å². The predicted molar refractivity (Wildman–Crippen MR) is 241 cm³/mol. The largest absolute Gasteiger partial charge is 0.455 e. The summed E-state index contributed by atoms with van der Waals surface area (Å²) in [4.78, 5) is 2.37. The molecule has 0 amide bonds. The molecule has 0 bridgehead atoms. The maximum absolute atomic E-state index is 6.69. The molecule has 0 spiro atoms. The Morgan fingerprint density at radius 1 is 0.368 bits per heavy atom.